The van der Waals surface area contributed by atoms with Crippen molar-refractivity contribution in [1.82, 2.24) is 0 Å². The summed E-state index contributed by atoms with van der Waals surface area (Å²) in [6.07, 6.45) is 7.42. The summed E-state index contributed by atoms with van der Waals surface area (Å²) in [7, 11) is 0.0701. The van der Waals surface area contributed by atoms with Gasteiger partial charge < -0.3 is 0 Å². The lowest BCUT2D eigenvalue weighted by atomic mass is 10.0. The Hall–Kier alpha value is -0.0431. The first kappa shape index (κ1) is 9.05. The fourth-order valence-corrected chi connectivity index (χ4v) is 3.95. The first-order valence-electron chi connectivity index (χ1n) is 4.99. The van der Waals surface area contributed by atoms with Gasteiger partial charge in [-0.15, -0.1) is 12.3 Å². The molecule has 0 aliphatic heterocycles. The van der Waals surface area contributed by atoms with Crippen molar-refractivity contribution in [3.05, 3.63) is 12.3 Å². The zero-order chi connectivity index (χ0) is 8.10. The van der Waals surface area contributed by atoms with Gasteiger partial charge in [0.05, 0.1) is 0 Å². The first-order valence-corrected chi connectivity index (χ1v) is 6.62. The molecule has 0 aromatic carbocycles. The van der Waals surface area contributed by atoms with E-state index in [1.54, 1.807) is 0 Å². The van der Waals surface area contributed by atoms with E-state index < -0.39 is 0 Å². The highest BCUT2D eigenvalue weighted by Gasteiger charge is 2.22. The molecule has 0 spiro atoms. The fraction of sp³-hybridized carbons (Fsp3) is 0.800. The lowest BCUT2D eigenvalue weighted by Gasteiger charge is -2.19. The van der Waals surface area contributed by atoms with Gasteiger partial charge in [0, 0.05) is 9.52 Å². The SMILES string of the molecule is C=C[SiH2]C(CC)C1CCCC1. The summed E-state index contributed by atoms with van der Waals surface area (Å²) in [5, 5.41) is 0. The maximum Gasteiger partial charge on any atom is 0.0479 e. The molecule has 1 aliphatic rings. The molecule has 0 aromatic heterocycles. The van der Waals surface area contributed by atoms with E-state index in [9.17, 15) is 0 Å². The lowest BCUT2D eigenvalue weighted by molar-refractivity contribution is 0.494. The van der Waals surface area contributed by atoms with E-state index in [2.05, 4.69) is 19.2 Å². The molecular weight excluding hydrogens is 148 g/mol. The molecule has 0 saturated heterocycles. The van der Waals surface area contributed by atoms with E-state index in [1.807, 2.05) is 0 Å². The summed E-state index contributed by atoms with van der Waals surface area (Å²) < 4.78 is 0. The number of rotatable bonds is 4. The van der Waals surface area contributed by atoms with Gasteiger partial charge in [-0.1, -0.05) is 39.0 Å². The van der Waals surface area contributed by atoms with Crippen molar-refractivity contribution >= 4 is 9.52 Å². The summed E-state index contributed by atoms with van der Waals surface area (Å²) >= 11 is 0. The molecule has 1 saturated carbocycles. The molecule has 1 aliphatic carbocycles. The Labute approximate surface area is 72.9 Å². The maximum atomic E-state index is 3.88. The molecule has 1 atom stereocenters. The second-order valence-corrected chi connectivity index (χ2v) is 5.83. The van der Waals surface area contributed by atoms with Crippen molar-refractivity contribution in [1.29, 1.82) is 0 Å². The molecular formula is C10H20Si. The summed E-state index contributed by atoms with van der Waals surface area (Å²) in [5.41, 5.74) is 3.31. The zero-order valence-electron chi connectivity index (χ0n) is 7.68. The van der Waals surface area contributed by atoms with Crippen molar-refractivity contribution in [3.8, 4) is 0 Å². The van der Waals surface area contributed by atoms with Crippen LogP contribution in [0, 0.1) is 5.92 Å². The number of hydrogen-bond donors (Lipinski definition) is 0. The molecule has 64 valence electrons. The normalized spacial score (nSPS) is 23.0. The molecule has 0 aromatic rings. The van der Waals surface area contributed by atoms with Gasteiger partial charge in [0.1, 0.15) is 0 Å². The van der Waals surface area contributed by atoms with Gasteiger partial charge >= 0.3 is 0 Å². The van der Waals surface area contributed by atoms with Gasteiger partial charge in [0.25, 0.3) is 0 Å². The molecule has 0 heterocycles. The Morgan fingerprint density at radius 1 is 1.55 bits per heavy atom. The lowest BCUT2D eigenvalue weighted by Crippen LogP contribution is -2.10. The highest BCUT2D eigenvalue weighted by Crippen LogP contribution is 2.36. The minimum absolute atomic E-state index is 0.0701. The van der Waals surface area contributed by atoms with E-state index >= 15 is 0 Å². The van der Waals surface area contributed by atoms with Crippen LogP contribution >= 0.6 is 0 Å². The Morgan fingerprint density at radius 3 is 2.64 bits per heavy atom. The molecule has 0 nitrogen and oxygen atoms in total. The van der Waals surface area contributed by atoms with E-state index in [0.29, 0.717) is 0 Å². The van der Waals surface area contributed by atoms with Crippen LogP contribution in [0.3, 0.4) is 0 Å². The molecule has 0 bridgehead atoms. The van der Waals surface area contributed by atoms with Crippen molar-refractivity contribution in [2.45, 2.75) is 44.6 Å². The average Bonchev–Trinajstić information content (AvgIpc) is 2.52. The summed E-state index contributed by atoms with van der Waals surface area (Å²) in [5.74, 6) is 1.09. The second-order valence-electron chi connectivity index (χ2n) is 3.74. The standard InChI is InChI=1S/C10H20Si/c1-3-10(11-4-2)9-7-5-6-8-9/h4,9-10H,2-3,5-8,11H2,1H3. The van der Waals surface area contributed by atoms with E-state index in [1.165, 1.54) is 32.1 Å². The molecule has 0 amide bonds. The highest BCUT2D eigenvalue weighted by molar-refractivity contribution is 6.43. The molecule has 0 N–H and O–H groups in total. The largest absolute Gasteiger partial charge is 0.108 e. The monoisotopic (exact) mass is 168 g/mol. The average molecular weight is 168 g/mol. The Kier molecular flexibility index (Phi) is 3.91. The van der Waals surface area contributed by atoms with Crippen LogP contribution in [-0.4, -0.2) is 9.52 Å². The topological polar surface area (TPSA) is 0 Å². The minimum Gasteiger partial charge on any atom is -0.108 e. The van der Waals surface area contributed by atoms with Crippen LogP contribution in [0.5, 0.6) is 0 Å². The first-order chi connectivity index (χ1) is 5.38. The maximum absolute atomic E-state index is 3.88. The van der Waals surface area contributed by atoms with E-state index in [4.69, 9.17) is 0 Å². The Bertz CT molecular complexity index is 114. The van der Waals surface area contributed by atoms with Gasteiger partial charge in [-0.05, 0) is 11.5 Å². The molecule has 0 radical (unpaired) electrons. The molecule has 1 rings (SSSR count). The fourth-order valence-electron chi connectivity index (χ4n) is 2.34. The highest BCUT2D eigenvalue weighted by atomic mass is 28.2. The van der Waals surface area contributed by atoms with Crippen molar-refractivity contribution in [2.75, 3.05) is 0 Å². The third kappa shape index (κ3) is 2.48. The van der Waals surface area contributed by atoms with Gasteiger partial charge in [-0.25, -0.2) is 0 Å². The van der Waals surface area contributed by atoms with Crippen LogP contribution in [0.4, 0.5) is 0 Å². The van der Waals surface area contributed by atoms with E-state index in [0.717, 1.165) is 11.5 Å². The predicted molar refractivity (Wildman–Crippen MR) is 54.7 cm³/mol. The predicted octanol–water partition coefficient (Wildman–Crippen LogP) is 2.69. The van der Waals surface area contributed by atoms with Crippen LogP contribution in [0.2, 0.25) is 5.54 Å². The van der Waals surface area contributed by atoms with Gasteiger partial charge in [0.2, 0.25) is 0 Å². The van der Waals surface area contributed by atoms with Crippen LogP contribution in [0.25, 0.3) is 0 Å². The zero-order valence-corrected chi connectivity index (χ0v) is 9.10. The summed E-state index contributed by atoms with van der Waals surface area (Å²) in [6.45, 7) is 6.23. The smallest absolute Gasteiger partial charge is 0.0479 e. The molecule has 1 unspecified atom stereocenters. The summed E-state index contributed by atoms with van der Waals surface area (Å²) in [6, 6.07) is 0. The van der Waals surface area contributed by atoms with Gasteiger partial charge in [-0.3, -0.25) is 0 Å². The second kappa shape index (κ2) is 4.76. The van der Waals surface area contributed by atoms with Crippen LogP contribution < -0.4 is 0 Å². The van der Waals surface area contributed by atoms with Crippen molar-refractivity contribution < 1.29 is 0 Å². The number of hydrogen-bond acceptors (Lipinski definition) is 0. The Balaban J connectivity index is 2.33. The van der Waals surface area contributed by atoms with Crippen molar-refractivity contribution in [3.63, 3.8) is 0 Å². The van der Waals surface area contributed by atoms with Crippen LogP contribution in [-0.2, 0) is 0 Å². The molecule has 1 heteroatoms. The Morgan fingerprint density at radius 2 is 2.18 bits per heavy atom. The third-order valence-corrected chi connectivity index (χ3v) is 5.24. The van der Waals surface area contributed by atoms with Crippen LogP contribution in [0.1, 0.15) is 39.0 Å². The molecule has 11 heavy (non-hydrogen) atoms. The van der Waals surface area contributed by atoms with Crippen molar-refractivity contribution in [2.24, 2.45) is 5.92 Å². The van der Waals surface area contributed by atoms with Gasteiger partial charge in [0.15, 0.2) is 0 Å². The summed E-state index contributed by atoms with van der Waals surface area (Å²) in [4.78, 5) is 0. The molecule has 1 fully saturated rings. The van der Waals surface area contributed by atoms with E-state index in [-0.39, 0.29) is 9.52 Å². The quantitative estimate of drug-likeness (QED) is 0.566. The third-order valence-electron chi connectivity index (χ3n) is 3.06. The minimum atomic E-state index is 0.0701. The van der Waals surface area contributed by atoms with Gasteiger partial charge in [-0.2, -0.15) is 0 Å². The van der Waals surface area contributed by atoms with Crippen LogP contribution in [0.15, 0.2) is 12.3 Å².